The number of pyridine rings is 1. The summed E-state index contributed by atoms with van der Waals surface area (Å²) in [6, 6.07) is 12.1. The van der Waals surface area contributed by atoms with Gasteiger partial charge in [-0.2, -0.15) is 13.2 Å². The molecule has 0 bridgehead atoms. The lowest BCUT2D eigenvalue weighted by Crippen LogP contribution is -2.44. The maximum Gasteiger partial charge on any atom is 0.416 e. The molecular weight excluding hydrogens is 555 g/mol. The van der Waals surface area contributed by atoms with Crippen LogP contribution in [0.15, 0.2) is 54.7 Å². The van der Waals surface area contributed by atoms with Gasteiger partial charge >= 0.3 is 6.18 Å². The standard InChI is InChI=1S/C29H27ClF3N7O/c1-38-10-12-39(13-11-38)17-22-4-7-24(15-25(22)29(31,32)33)35-28(41)20-2-3-21(16-34)19(14-20)5-8-26-36-37-27-9-6-23(30)18-40(26)27/h2-4,6-7,9,14-15,18H,10-13,16-17,34H2,1H3,(H,35,41). The minimum absolute atomic E-state index is 0.0480. The fourth-order valence-corrected chi connectivity index (χ4v) is 4.75. The first-order valence-corrected chi connectivity index (χ1v) is 13.3. The van der Waals surface area contributed by atoms with E-state index in [1.165, 1.54) is 12.1 Å². The van der Waals surface area contributed by atoms with Gasteiger partial charge < -0.3 is 16.0 Å². The number of aromatic nitrogens is 3. The van der Waals surface area contributed by atoms with Gasteiger partial charge in [-0.3, -0.25) is 14.1 Å². The second-order valence-corrected chi connectivity index (χ2v) is 10.3. The molecule has 41 heavy (non-hydrogen) atoms. The molecule has 2 aromatic heterocycles. The van der Waals surface area contributed by atoms with Crippen LogP contribution in [-0.4, -0.2) is 63.5 Å². The summed E-state index contributed by atoms with van der Waals surface area (Å²) in [5, 5.41) is 11.2. The number of carbonyl (C=O) groups is 1. The smallest absolute Gasteiger partial charge is 0.326 e. The summed E-state index contributed by atoms with van der Waals surface area (Å²) in [6.45, 7) is 3.34. The summed E-state index contributed by atoms with van der Waals surface area (Å²) in [5.41, 5.74) is 7.29. The van der Waals surface area contributed by atoms with Gasteiger partial charge in [-0.1, -0.05) is 29.7 Å². The topological polar surface area (TPSA) is 91.8 Å². The second kappa shape index (κ2) is 11.9. The summed E-state index contributed by atoms with van der Waals surface area (Å²) >= 11 is 6.07. The molecule has 12 heteroatoms. The summed E-state index contributed by atoms with van der Waals surface area (Å²) in [7, 11) is 1.99. The Labute approximate surface area is 239 Å². The molecule has 0 unspecified atom stereocenters. The number of anilines is 1. The molecule has 0 radical (unpaired) electrons. The molecule has 4 aromatic rings. The van der Waals surface area contributed by atoms with E-state index in [0.29, 0.717) is 40.7 Å². The van der Waals surface area contributed by atoms with Crippen molar-refractivity contribution >= 4 is 28.8 Å². The molecule has 0 spiro atoms. The highest BCUT2D eigenvalue weighted by atomic mass is 35.5. The Morgan fingerprint density at radius 2 is 1.78 bits per heavy atom. The number of piperazine rings is 1. The van der Waals surface area contributed by atoms with Crippen molar-refractivity contribution in [3.05, 3.63) is 93.4 Å². The van der Waals surface area contributed by atoms with Crippen molar-refractivity contribution < 1.29 is 18.0 Å². The van der Waals surface area contributed by atoms with E-state index in [1.807, 2.05) is 11.9 Å². The lowest BCUT2D eigenvalue weighted by molar-refractivity contribution is -0.138. The molecule has 1 aliphatic rings. The van der Waals surface area contributed by atoms with E-state index < -0.39 is 17.6 Å². The summed E-state index contributed by atoms with van der Waals surface area (Å²) in [6.07, 6.45) is -2.93. The van der Waals surface area contributed by atoms with Crippen LogP contribution >= 0.6 is 11.6 Å². The Morgan fingerprint density at radius 3 is 2.51 bits per heavy atom. The van der Waals surface area contributed by atoms with Crippen molar-refractivity contribution in [1.29, 1.82) is 0 Å². The number of benzene rings is 2. The van der Waals surface area contributed by atoms with Gasteiger partial charge in [0.2, 0.25) is 5.82 Å². The molecule has 0 aliphatic carbocycles. The Hall–Kier alpha value is -3.95. The highest BCUT2D eigenvalue weighted by molar-refractivity contribution is 6.30. The number of amides is 1. The third-order valence-electron chi connectivity index (χ3n) is 6.93. The average molecular weight is 582 g/mol. The quantitative estimate of drug-likeness (QED) is 0.342. The molecular formula is C29H27ClF3N7O. The van der Waals surface area contributed by atoms with Gasteiger partial charge in [0.05, 0.1) is 10.6 Å². The maximum atomic E-state index is 14.0. The molecule has 0 atom stereocenters. The number of rotatable bonds is 5. The number of likely N-dealkylation sites (N-methyl/N-ethyl adjacent to an activating group) is 1. The van der Waals surface area contributed by atoms with E-state index in [0.717, 1.165) is 19.2 Å². The molecule has 1 aliphatic heterocycles. The second-order valence-electron chi connectivity index (χ2n) is 9.83. The molecule has 8 nitrogen and oxygen atoms in total. The van der Waals surface area contributed by atoms with Crippen LogP contribution in [0.4, 0.5) is 18.9 Å². The lowest BCUT2D eigenvalue weighted by atomic mass is 10.0. The largest absolute Gasteiger partial charge is 0.416 e. The van der Waals surface area contributed by atoms with Crippen LogP contribution in [0.1, 0.15) is 38.4 Å². The number of nitrogens with two attached hydrogens (primary N) is 1. The van der Waals surface area contributed by atoms with Crippen LogP contribution in [0, 0.1) is 11.8 Å². The summed E-state index contributed by atoms with van der Waals surface area (Å²) < 4.78 is 43.6. The first-order chi connectivity index (χ1) is 19.6. The Kier molecular flexibility index (Phi) is 8.28. The van der Waals surface area contributed by atoms with Crippen molar-refractivity contribution in [3.8, 4) is 11.8 Å². The number of halogens is 4. The highest BCUT2D eigenvalue weighted by Gasteiger charge is 2.34. The maximum absolute atomic E-state index is 14.0. The normalized spacial score (nSPS) is 14.6. The number of nitrogens with one attached hydrogen (secondary N) is 1. The van der Waals surface area contributed by atoms with Crippen LogP contribution in [0.3, 0.4) is 0 Å². The molecule has 2 aromatic carbocycles. The van der Waals surface area contributed by atoms with Crippen molar-refractivity contribution in [2.24, 2.45) is 5.73 Å². The lowest BCUT2D eigenvalue weighted by Gasteiger charge is -2.33. The number of hydrogen-bond donors (Lipinski definition) is 2. The zero-order chi connectivity index (χ0) is 29.1. The number of hydrogen-bond acceptors (Lipinski definition) is 6. The Balaban J connectivity index is 1.37. The minimum Gasteiger partial charge on any atom is -0.326 e. The molecule has 3 N–H and O–H groups in total. The van der Waals surface area contributed by atoms with Crippen molar-refractivity contribution in [2.45, 2.75) is 19.3 Å². The Bertz CT molecular complexity index is 1650. The van der Waals surface area contributed by atoms with Crippen LogP contribution in [0.5, 0.6) is 0 Å². The van der Waals surface area contributed by atoms with Gasteiger partial charge in [-0.15, -0.1) is 10.2 Å². The van der Waals surface area contributed by atoms with Crippen LogP contribution in [-0.2, 0) is 19.3 Å². The SMILES string of the molecule is CN1CCN(Cc2ccc(NC(=O)c3ccc(CN)c(C#Cc4nnc5ccc(Cl)cn45)c3)cc2C(F)(F)F)CC1. The number of alkyl halides is 3. The van der Waals surface area contributed by atoms with Crippen molar-refractivity contribution in [1.82, 2.24) is 24.4 Å². The number of fused-ring (bicyclic) bond motifs is 1. The molecule has 1 fully saturated rings. The number of nitrogens with zero attached hydrogens (tertiary/aromatic N) is 5. The summed E-state index contributed by atoms with van der Waals surface area (Å²) in [4.78, 5) is 17.2. The van der Waals surface area contributed by atoms with Gasteiger partial charge in [0.25, 0.3) is 5.91 Å². The summed E-state index contributed by atoms with van der Waals surface area (Å²) in [5.74, 6) is 5.68. The molecule has 1 saturated heterocycles. The van der Waals surface area contributed by atoms with E-state index in [9.17, 15) is 18.0 Å². The van der Waals surface area contributed by atoms with Gasteiger partial charge in [-0.25, -0.2) is 0 Å². The molecule has 3 heterocycles. The first kappa shape index (κ1) is 28.6. The van der Waals surface area contributed by atoms with Gasteiger partial charge in [0.15, 0.2) is 5.65 Å². The van der Waals surface area contributed by atoms with Crippen LogP contribution in [0.25, 0.3) is 5.65 Å². The van der Waals surface area contributed by atoms with E-state index in [1.54, 1.807) is 40.9 Å². The van der Waals surface area contributed by atoms with Gasteiger partial charge in [-0.05, 0) is 60.5 Å². The van der Waals surface area contributed by atoms with E-state index in [2.05, 4.69) is 32.3 Å². The fourth-order valence-electron chi connectivity index (χ4n) is 4.59. The fraction of sp³-hybridized carbons (Fsp3) is 0.276. The molecule has 0 saturated carbocycles. The van der Waals surface area contributed by atoms with E-state index in [4.69, 9.17) is 17.3 Å². The van der Waals surface area contributed by atoms with Crippen LogP contribution in [0.2, 0.25) is 5.02 Å². The third-order valence-corrected chi connectivity index (χ3v) is 7.15. The monoisotopic (exact) mass is 581 g/mol. The first-order valence-electron chi connectivity index (χ1n) is 12.9. The molecule has 5 rings (SSSR count). The van der Waals surface area contributed by atoms with Crippen molar-refractivity contribution in [2.75, 3.05) is 38.5 Å². The molecule has 212 valence electrons. The van der Waals surface area contributed by atoms with Gasteiger partial charge in [0, 0.05) is 62.3 Å². The average Bonchev–Trinajstić information content (AvgIpc) is 3.35. The van der Waals surface area contributed by atoms with Crippen molar-refractivity contribution in [3.63, 3.8) is 0 Å². The number of carbonyl (C=O) groups excluding carboxylic acids is 1. The predicted octanol–water partition coefficient (Wildman–Crippen LogP) is 4.26. The van der Waals surface area contributed by atoms with E-state index >= 15 is 0 Å². The zero-order valence-corrected chi connectivity index (χ0v) is 22.9. The Morgan fingerprint density at radius 1 is 1.02 bits per heavy atom. The zero-order valence-electron chi connectivity index (χ0n) is 22.2. The molecule has 1 amide bonds. The minimum atomic E-state index is -4.57. The van der Waals surface area contributed by atoms with Crippen LogP contribution < -0.4 is 11.1 Å². The predicted molar refractivity (Wildman–Crippen MR) is 150 cm³/mol. The van der Waals surface area contributed by atoms with E-state index in [-0.39, 0.29) is 29.9 Å². The van der Waals surface area contributed by atoms with Gasteiger partial charge in [0.1, 0.15) is 0 Å². The third kappa shape index (κ3) is 6.69. The highest BCUT2D eigenvalue weighted by Crippen LogP contribution is 2.34.